The second-order valence-electron chi connectivity index (χ2n) is 6.24. The number of nitrogens with one attached hydrogen (secondary N) is 2. The Bertz CT molecular complexity index is 586. The molecule has 1 heterocycles. The smallest absolute Gasteiger partial charge is 0.243 e. The quantitative estimate of drug-likeness (QED) is 0.572. The summed E-state index contributed by atoms with van der Waals surface area (Å²) in [6.45, 7) is 2.02. The van der Waals surface area contributed by atoms with E-state index in [4.69, 9.17) is 4.74 Å². The van der Waals surface area contributed by atoms with Crippen LogP contribution in [0.25, 0.3) is 0 Å². The van der Waals surface area contributed by atoms with Crippen LogP contribution in [0.2, 0.25) is 0 Å². The SMILES string of the molecule is CN(C)C(=O)CN=C(NCCc1ccccc1F)NCC1CCCO1. The molecule has 2 N–H and O–H groups in total. The van der Waals surface area contributed by atoms with Gasteiger partial charge in [0.2, 0.25) is 5.91 Å². The fourth-order valence-electron chi connectivity index (χ4n) is 2.49. The molecule has 0 bridgehead atoms. The Hall–Kier alpha value is -2.15. The van der Waals surface area contributed by atoms with Crippen LogP contribution in [0.4, 0.5) is 4.39 Å². The molecule has 1 amide bonds. The molecule has 6 nitrogen and oxygen atoms in total. The molecule has 1 unspecified atom stereocenters. The first-order valence-electron chi connectivity index (χ1n) is 8.63. The van der Waals surface area contributed by atoms with Crippen molar-refractivity contribution >= 4 is 11.9 Å². The Morgan fingerprint density at radius 3 is 2.84 bits per heavy atom. The Balaban J connectivity index is 1.86. The van der Waals surface area contributed by atoms with Gasteiger partial charge in [-0.1, -0.05) is 18.2 Å². The van der Waals surface area contributed by atoms with E-state index < -0.39 is 0 Å². The van der Waals surface area contributed by atoms with Crippen molar-refractivity contribution in [2.24, 2.45) is 4.99 Å². The normalized spacial score (nSPS) is 17.4. The van der Waals surface area contributed by atoms with Crippen LogP contribution in [0.15, 0.2) is 29.3 Å². The molecule has 0 aliphatic carbocycles. The van der Waals surface area contributed by atoms with E-state index in [9.17, 15) is 9.18 Å². The number of nitrogens with zero attached hydrogens (tertiary/aromatic N) is 2. The number of benzene rings is 1. The number of hydrogen-bond acceptors (Lipinski definition) is 3. The van der Waals surface area contributed by atoms with Gasteiger partial charge in [-0.3, -0.25) is 4.79 Å². The summed E-state index contributed by atoms with van der Waals surface area (Å²) in [5.74, 6) is 0.257. The van der Waals surface area contributed by atoms with Crippen LogP contribution in [-0.2, 0) is 16.0 Å². The van der Waals surface area contributed by atoms with Crippen LogP contribution < -0.4 is 10.6 Å². The standard InChI is InChI=1S/C18H27FN4O2/c1-23(2)17(24)13-22-18(21-12-15-7-5-11-25-15)20-10-9-14-6-3-4-8-16(14)19/h3-4,6,8,15H,5,7,9-13H2,1-2H3,(H2,20,21,22). The number of carbonyl (C=O) groups is 1. The Labute approximate surface area is 148 Å². The molecule has 0 spiro atoms. The van der Waals surface area contributed by atoms with Crippen molar-refractivity contribution in [3.63, 3.8) is 0 Å². The number of hydrogen-bond donors (Lipinski definition) is 2. The summed E-state index contributed by atoms with van der Waals surface area (Å²) in [6, 6.07) is 6.72. The molecule has 1 atom stereocenters. The van der Waals surface area contributed by atoms with E-state index in [0.29, 0.717) is 31.0 Å². The van der Waals surface area contributed by atoms with Crippen LogP contribution >= 0.6 is 0 Å². The predicted molar refractivity (Wildman–Crippen MR) is 96.1 cm³/mol. The summed E-state index contributed by atoms with van der Waals surface area (Å²) < 4.78 is 19.3. The number of aliphatic imine (C=N–C) groups is 1. The van der Waals surface area contributed by atoms with Gasteiger partial charge in [-0.05, 0) is 30.9 Å². The topological polar surface area (TPSA) is 66.0 Å². The monoisotopic (exact) mass is 350 g/mol. The minimum atomic E-state index is -0.210. The minimum Gasteiger partial charge on any atom is -0.376 e. The van der Waals surface area contributed by atoms with E-state index in [1.807, 2.05) is 6.07 Å². The lowest BCUT2D eigenvalue weighted by atomic mass is 10.1. The van der Waals surface area contributed by atoms with Gasteiger partial charge in [0.15, 0.2) is 5.96 Å². The van der Waals surface area contributed by atoms with Gasteiger partial charge in [-0.25, -0.2) is 9.38 Å². The molecule has 2 rings (SSSR count). The highest BCUT2D eigenvalue weighted by molar-refractivity contribution is 5.84. The number of carbonyl (C=O) groups excluding carboxylic acids is 1. The first-order valence-corrected chi connectivity index (χ1v) is 8.63. The molecule has 1 aliphatic heterocycles. The fourth-order valence-corrected chi connectivity index (χ4v) is 2.49. The number of ether oxygens (including phenoxy) is 1. The number of likely N-dealkylation sites (N-methyl/N-ethyl adjacent to an activating group) is 1. The summed E-state index contributed by atoms with van der Waals surface area (Å²) in [4.78, 5) is 17.6. The van der Waals surface area contributed by atoms with E-state index in [1.54, 1.807) is 26.2 Å². The van der Waals surface area contributed by atoms with E-state index in [1.165, 1.54) is 11.0 Å². The number of rotatable bonds is 7. The lowest BCUT2D eigenvalue weighted by molar-refractivity contribution is -0.127. The van der Waals surface area contributed by atoms with E-state index >= 15 is 0 Å². The summed E-state index contributed by atoms with van der Waals surface area (Å²) in [7, 11) is 3.39. The third-order valence-electron chi connectivity index (χ3n) is 4.04. The van der Waals surface area contributed by atoms with E-state index in [-0.39, 0.29) is 24.4 Å². The zero-order valence-electron chi connectivity index (χ0n) is 14.9. The summed E-state index contributed by atoms with van der Waals surface area (Å²) >= 11 is 0. The lowest BCUT2D eigenvalue weighted by Crippen LogP contribution is -2.42. The van der Waals surface area contributed by atoms with E-state index in [2.05, 4.69) is 15.6 Å². The molecular formula is C18H27FN4O2. The van der Waals surface area contributed by atoms with Crippen LogP contribution in [0, 0.1) is 5.82 Å². The largest absolute Gasteiger partial charge is 0.376 e. The Morgan fingerprint density at radius 1 is 1.36 bits per heavy atom. The summed E-state index contributed by atoms with van der Waals surface area (Å²) in [6.07, 6.45) is 2.79. The number of halogens is 1. The molecule has 25 heavy (non-hydrogen) atoms. The van der Waals surface area contributed by atoms with Gasteiger partial charge in [0.25, 0.3) is 0 Å². The van der Waals surface area contributed by atoms with Crippen molar-refractivity contribution in [3.8, 4) is 0 Å². The predicted octanol–water partition coefficient (Wildman–Crippen LogP) is 1.17. The lowest BCUT2D eigenvalue weighted by Gasteiger charge is -2.16. The first-order chi connectivity index (χ1) is 12.1. The van der Waals surface area contributed by atoms with Crippen molar-refractivity contribution in [2.45, 2.75) is 25.4 Å². The van der Waals surface area contributed by atoms with Crippen molar-refractivity contribution in [2.75, 3.05) is 40.3 Å². The highest BCUT2D eigenvalue weighted by Crippen LogP contribution is 2.10. The van der Waals surface area contributed by atoms with Gasteiger partial charge in [0, 0.05) is 33.8 Å². The molecule has 1 aromatic carbocycles. The fraction of sp³-hybridized carbons (Fsp3) is 0.556. The first kappa shape index (κ1) is 19.2. The average molecular weight is 350 g/mol. The second kappa shape index (κ2) is 9.98. The van der Waals surface area contributed by atoms with Crippen LogP contribution in [0.5, 0.6) is 0 Å². The number of guanidine groups is 1. The molecule has 138 valence electrons. The van der Waals surface area contributed by atoms with Crippen molar-refractivity contribution in [1.29, 1.82) is 0 Å². The second-order valence-corrected chi connectivity index (χ2v) is 6.24. The third-order valence-corrected chi connectivity index (χ3v) is 4.04. The highest BCUT2D eigenvalue weighted by atomic mass is 19.1. The van der Waals surface area contributed by atoms with Gasteiger partial charge >= 0.3 is 0 Å². The van der Waals surface area contributed by atoms with Crippen LogP contribution in [0.3, 0.4) is 0 Å². The Morgan fingerprint density at radius 2 is 2.16 bits per heavy atom. The molecular weight excluding hydrogens is 323 g/mol. The minimum absolute atomic E-state index is 0.0631. The molecule has 0 radical (unpaired) electrons. The maximum Gasteiger partial charge on any atom is 0.243 e. The molecule has 1 aliphatic rings. The van der Waals surface area contributed by atoms with Crippen molar-refractivity contribution in [3.05, 3.63) is 35.6 Å². The molecule has 0 saturated carbocycles. The number of amides is 1. The van der Waals surface area contributed by atoms with Gasteiger partial charge in [0.1, 0.15) is 12.4 Å². The van der Waals surface area contributed by atoms with Crippen LogP contribution in [-0.4, -0.2) is 63.2 Å². The Kier molecular flexibility index (Phi) is 7.66. The zero-order valence-corrected chi connectivity index (χ0v) is 14.9. The van der Waals surface area contributed by atoms with Gasteiger partial charge in [0.05, 0.1) is 6.10 Å². The van der Waals surface area contributed by atoms with Crippen LogP contribution in [0.1, 0.15) is 18.4 Å². The third kappa shape index (κ3) is 6.70. The maximum absolute atomic E-state index is 13.7. The summed E-state index contributed by atoms with van der Waals surface area (Å²) in [5, 5.41) is 6.37. The average Bonchev–Trinajstić information content (AvgIpc) is 3.11. The molecule has 1 aromatic rings. The van der Waals surface area contributed by atoms with Gasteiger partial charge < -0.3 is 20.3 Å². The zero-order chi connectivity index (χ0) is 18.1. The van der Waals surface area contributed by atoms with Gasteiger partial charge in [-0.15, -0.1) is 0 Å². The van der Waals surface area contributed by atoms with Crippen molar-refractivity contribution < 1.29 is 13.9 Å². The highest BCUT2D eigenvalue weighted by Gasteiger charge is 2.15. The van der Waals surface area contributed by atoms with Crippen molar-refractivity contribution in [1.82, 2.24) is 15.5 Å². The van der Waals surface area contributed by atoms with Gasteiger partial charge in [-0.2, -0.15) is 0 Å². The molecule has 0 aromatic heterocycles. The molecule has 7 heteroatoms. The summed E-state index contributed by atoms with van der Waals surface area (Å²) in [5.41, 5.74) is 0.651. The molecule has 1 saturated heterocycles. The van der Waals surface area contributed by atoms with E-state index in [0.717, 1.165) is 19.4 Å². The maximum atomic E-state index is 13.7. The molecule has 1 fully saturated rings.